The van der Waals surface area contributed by atoms with Crippen LogP contribution < -0.4 is 9.47 Å². The van der Waals surface area contributed by atoms with Gasteiger partial charge in [0.25, 0.3) is 5.91 Å². The van der Waals surface area contributed by atoms with Crippen molar-refractivity contribution in [3.63, 3.8) is 0 Å². The number of nitrogens with zero attached hydrogens (tertiary/aromatic N) is 3. The van der Waals surface area contributed by atoms with Crippen molar-refractivity contribution in [2.45, 2.75) is 45.8 Å². The van der Waals surface area contributed by atoms with Gasteiger partial charge in [0, 0.05) is 64.1 Å². The van der Waals surface area contributed by atoms with Crippen LogP contribution in [0.2, 0.25) is 0 Å². The lowest BCUT2D eigenvalue weighted by atomic mass is 9.98. The van der Waals surface area contributed by atoms with Gasteiger partial charge in [0.15, 0.2) is 11.5 Å². The molecule has 166 valence electrons. The molecule has 7 nitrogen and oxygen atoms in total. The van der Waals surface area contributed by atoms with Gasteiger partial charge in [-0.1, -0.05) is 13.8 Å². The summed E-state index contributed by atoms with van der Waals surface area (Å²) < 4.78 is 11.7. The number of likely N-dealkylation sites (N-methyl/N-ethyl adjacent to an activating group) is 1. The lowest BCUT2D eigenvalue weighted by molar-refractivity contribution is -0.130. The smallest absolute Gasteiger partial charge is 0.254 e. The van der Waals surface area contributed by atoms with Gasteiger partial charge in [-0.15, -0.1) is 0 Å². The second-order valence-electron chi connectivity index (χ2n) is 8.76. The average Bonchev–Trinajstić information content (AvgIpc) is 2.73. The fourth-order valence-corrected chi connectivity index (χ4v) is 4.31. The predicted octanol–water partition coefficient (Wildman–Crippen LogP) is 2.50. The van der Waals surface area contributed by atoms with Gasteiger partial charge < -0.3 is 24.2 Å². The Morgan fingerprint density at radius 3 is 2.37 bits per heavy atom. The van der Waals surface area contributed by atoms with Crippen molar-refractivity contribution in [1.29, 1.82) is 0 Å². The van der Waals surface area contributed by atoms with Gasteiger partial charge in [-0.3, -0.25) is 9.59 Å². The highest BCUT2D eigenvalue weighted by Crippen LogP contribution is 2.32. The second-order valence-corrected chi connectivity index (χ2v) is 8.76. The summed E-state index contributed by atoms with van der Waals surface area (Å²) in [5, 5.41) is 0. The molecule has 1 aromatic rings. The number of hydrogen-bond acceptors (Lipinski definition) is 5. The van der Waals surface area contributed by atoms with E-state index in [0.717, 1.165) is 32.5 Å². The molecule has 1 aromatic carbocycles. The minimum Gasteiger partial charge on any atom is -0.493 e. The largest absolute Gasteiger partial charge is 0.493 e. The summed E-state index contributed by atoms with van der Waals surface area (Å²) >= 11 is 0. The summed E-state index contributed by atoms with van der Waals surface area (Å²) in [5.74, 6) is 1.75. The van der Waals surface area contributed by atoms with Gasteiger partial charge in [0.2, 0.25) is 5.91 Å². The molecule has 2 aliphatic rings. The van der Waals surface area contributed by atoms with Crippen molar-refractivity contribution in [3.05, 3.63) is 23.8 Å². The molecule has 0 aromatic heterocycles. The van der Waals surface area contributed by atoms with E-state index < -0.39 is 0 Å². The molecular weight excluding hydrogens is 382 g/mol. The Labute approximate surface area is 179 Å². The van der Waals surface area contributed by atoms with Crippen LogP contribution in [0.4, 0.5) is 0 Å². The molecule has 0 aliphatic carbocycles. The van der Waals surface area contributed by atoms with Crippen LogP contribution >= 0.6 is 0 Å². The van der Waals surface area contributed by atoms with Crippen molar-refractivity contribution >= 4 is 11.8 Å². The lowest BCUT2D eigenvalue weighted by Crippen LogP contribution is -2.56. The molecule has 0 N–H and O–H groups in total. The number of likely N-dealkylation sites (tertiary alicyclic amines) is 1. The molecule has 2 aliphatic heterocycles. The normalized spacial score (nSPS) is 21.1. The number of methoxy groups -OCH3 is 1. The average molecular weight is 418 g/mol. The third-order valence-electron chi connectivity index (χ3n) is 6.24. The van der Waals surface area contributed by atoms with Crippen LogP contribution in [0.3, 0.4) is 0 Å². The van der Waals surface area contributed by atoms with Crippen LogP contribution in [0, 0.1) is 5.92 Å². The zero-order chi connectivity index (χ0) is 21.8. The van der Waals surface area contributed by atoms with Crippen LogP contribution in [0.25, 0.3) is 0 Å². The maximum Gasteiger partial charge on any atom is 0.254 e. The zero-order valence-corrected chi connectivity index (χ0v) is 18.9. The summed E-state index contributed by atoms with van der Waals surface area (Å²) in [6.07, 6.45) is 1.55. The highest BCUT2D eigenvalue weighted by molar-refractivity contribution is 5.95. The Balaban J connectivity index is 1.75. The third kappa shape index (κ3) is 5.06. The van der Waals surface area contributed by atoms with E-state index in [0.29, 0.717) is 36.1 Å². The SMILES string of the molecule is COc1ccc(C(=O)N2CCN(C)C[C@@H]2C(C)C)cc1OC1CCN(C(C)=O)CC1. The first-order chi connectivity index (χ1) is 14.3. The topological polar surface area (TPSA) is 62.3 Å². The molecule has 2 fully saturated rings. The van der Waals surface area contributed by atoms with E-state index in [9.17, 15) is 9.59 Å². The first-order valence-corrected chi connectivity index (χ1v) is 10.9. The molecule has 3 rings (SSSR count). The predicted molar refractivity (Wildman–Crippen MR) is 116 cm³/mol. The zero-order valence-electron chi connectivity index (χ0n) is 18.9. The number of piperidine rings is 1. The summed E-state index contributed by atoms with van der Waals surface area (Å²) in [6.45, 7) is 9.81. The van der Waals surface area contributed by atoms with Crippen molar-refractivity contribution in [1.82, 2.24) is 14.7 Å². The van der Waals surface area contributed by atoms with Crippen molar-refractivity contribution < 1.29 is 19.1 Å². The highest BCUT2D eigenvalue weighted by atomic mass is 16.5. The van der Waals surface area contributed by atoms with E-state index in [4.69, 9.17) is 9.47 Å². The Morgan fingerprint density at radius 1 is 1.07 bits per heavy atom. The summed E-state index contributed by atoms with van der Waals surface area (Å²) in [6, 6.07) is 5.64. The molecule has 2 saturated heterocycles. The third-order valence-corrected chi connectivity index (χ3v) is 6.24. The van der Waals surface area contributed by atoms with Gasteiger partial charge in [-0.2, -0.15) is 0 Å². The minimum absolute atomic E-state index is 0.00639. The molecule has 0 bridgehead atoms. The van der Waals surface area contributed by atoms with E-state index >= 15 is 0 Å². The summed E-state index contributed by atoms with van der Waals surface area (Å²) in [4.78, 5) is 31.0. The lowest BCUT2D eigenvalue weighted by Gasteiger charge is -2.42. The van der Waals surface area contributed by atoms with E-state index in [2.05, 4.69) is 25.8 Å². The van der Waals surface area contributed by atoms with Crippen molar-refractivity contribution in [2.75, 3.05) is 46.9 Å². The standard InChI is InChI=1S/C23H35N3O4/c1-16(2)20-15-24(4)12-13-26(20)23(28)18-6-7-21(29-5)22(14-18)30-19-8-10-25(11-9-19)17(3)27/h6-7,14,16,19-20H,8-13,15H2,1-5H3/t20-/m1/s1. The minimum atomic E-state index is 0.00639. The van der Waals surface area contributed by atoms with Gasteiger partial charge in [0.05, 0.1) is 7.11 Å². The van der Waals surface area contributed by atoms with E-state index in [1.165, 1.54) is 0 Å². The fraction of sp³-hybridized carbons (Fsp3) is 0.652. The second kappa shape index (κ2) is 9.69. The Hall–Kier alpha value is -2.28. The first kappa shape index (κ1) is 22.4. The molecule has 2 heterocycles. The molecule has 1 atom stereocenters. The van der Waals surface area contributed by atoms with E-state index in [1.54, 1.807) is 14.0 Å². The van der Waals surface area contributed by atoms with Crippen LogP contribution in [0.5, 0.6) is 11.5 Å². The number of hydrogen-bond donors (Lipinski definition) is 0. The quantitative estimate of drug-likeness (QED) is 0.737. The number of benzene rings is 1. The Bertz CT molecular complexity index is 759. The summed E-state index contributed by atoms with van der Waals surface area (Å²) in [5.41, 5.74) is 0.627. The Kier molecular flexibility index (Phi) is 7.23. The number of ether oxygens (including phenoxy) is 2. The van der Waals surface area contributed by atoms with Crippen molar-refractivity contribution in [2.24, 2.45) is 5.92 Å². The number of piperazine rings is 1. The molecule has 0 saturated carbocycles. The molecule has 2 amide bonds. The van der Waals surface area contributed by atoms with Gasteiger partial charge in [-0.05, 0) is 31.2 Å². The maximum atomic E-state index is 13.4. The molecular formula is C23H35N3O4. The fourth-order valence-electron chi connectivity index (χ4n) is 4.31. The monoisotopic (exact) mass is 417 g/mol. The highest BCUT2D eigenvalue weighted by Gasteiger charge is 2.32. The van der Waals surface area contributed by atoms with Crippen molar-refractivity contribution in [3.8, 4) is 11.5 Å². The molecule has 30 heavy (non-hydrogen) atoms. The molecule has 7 heteroatoms. The molecule has 0 spiro atoms. The van der Waals surface area contributed by atoms with Crippen LogP contribution in [0.1, 0.15) is 44.0 Å². The van der Waals surface area contributed by atoms with Gasteiger partial charge in [0.1, 0.15) is 6.10 Å². The number of rotatable bonds is 5. The van der Waals surface area contributed by atoms with E-state index in [-0.39, 0.29) is 24.0 Å². The molecule has 0 radical (unpaired) electrons. The maximum absolute atomic E-state index is 13.4. The van der Waals surface area contributed by atoms with Gasteiger partial charge >= 0.3 is 0 Å². The van der Waals surface area contributed by atoms with Gasteiger partial charge in [-0.25, -0.2) is 0 Å². The van der Waals surface area contributed by atoms with Crippen LogP contribution in [0.15, 0.2) is 18.2 Å². The number of carbonyl (C=O) groups is 2. The molecule has 0 unspecified atom stereocenters. The first-order valence-electron chi connectivity index (χ1n) is 10.9. The summed E-state index contributed by atoms with van der Waals surface area (Å²) in [7, 11) is 3.71. The number of amides is 2. The van der Waals surface area contributed by atoms with Crippen LogP contribution in [-0.4, -0.2) is 85.5 Å². The van der Waals surface area contributed by atoms with Crippen LogP contribution in [-0.2, 0) is 4.79 Å². The van der Waals surface area contributed by atoms with E-state index in [1.807, 2.05) is 28.0 Å². The Morgan fingerprint density at radius 2 is 1.77 bits per heavy atom. The number of carbonyl (C=O) groups excluding carboxylic acids is 2.